The lowest BCUT2D eigenvalue weighted by Gasteiger charge is -2.69. The highest BCUT2D eigenvalue weighted by molar-refractivity contribution is 5.79. The molecule has 0 atom stereocenters. The zero-order valence-electron chi connectivity index (χ0n) is 12.3. The Labute approximate surface area is 124 Å². The fraction of sp³-hybridized carbons (Fsp3) is 0.750. The quantitative estimate of drug-likeness (QED) is 0.791. The molecule has 4 aliphatic rings. The van der Waals surface area contributed by atoms with E-state index in [1.54, 1.807) is 11.0 Å². The van der Waals surface area contributed by atoms with E-state index in [1.165, 1.54) is 0 Å². The Morgan fingerprint density at radius 1 is 1.29 bits per heavy atom. The maximum Gasteiger partial charge on any atom is 0.410 e. The molecule has 0 spiro atoms. The highest BCUT2D eigenvalue weighted by Crippen LogP contribution is 2.75. The first-order valence-corrected chi connectivity index (χ1v) is 7.75. The smallest absolute Gasteiger partial charge is 0.410 e. The number of likely N-dealkylation sites (tertiary alicyclic amines) is 1. The minimum absolute atomic E-state index is 0.247. The van der Waals surface area contributed by atoms with E-state index in [0.717, 1.165) is 51.6 Å². The van der Waals surface area contributed by atoms with Crippen LogP contribution in [0.3, 0.4) is 0 Å². The molecule has 1 saturated heterocycles. The predicted octanol–water partition coefficient (Wildman–Crippen LogP) is 2.67. The lowest BCUT2D eigenvalue weighted by Crippen LogP contribution is -2.65. The van der Waals surface area contributed by atoms with Gasteiger partial charge in [0.1, 0.15) is 6.61 Å². The summed E-state index contributed by atoms with van der Waals surface area (Å²) in [6, 6.07) is 0. The molecule has 1 heterocycles. The van der Waals surface area contributed by atoms with E-state index in [0.29, 0.717) is 11.3 Å². The summed E-state index contributed by atoms with van der Waals surface area (Å²) in [6.07, 6.45) is 7.09. The van der Waals surface area contributed by atoms with Gasteiger partial charge in [-0.1, -0.05) is 12.7 Å². The number of amides is 1. The molecule has 3 aliphatic carbocycles. The molecule has 5 heteroatoms. The fourth-order valence-corrected chi connectivity index (χ4v) is 4.60. The number of hydrogen-bond donors (Lipinski definition) is 1. The number of ether oxygens (including phenoxy) is 1. The van der Waals surface area contributed by atoms with Gasteiger partial charge in [0.2, 0.25) is 0 Å². The minimum atomic E-state index is -0.607. The van der Waals surface area contributed by atoms with Crippen molar-refractivity contribution in [2.45, 2.75) is 38.5 Å². The fourth-order valence-electron chi connectivity index (χ4n) is 4.60. The van der Waals surface area contributed by atoms with Crippen LogP contribution in [0.25, 0.3) is 0 Å². The Morgan fingerprint density at radius 3 is 2.43 bits per heavy atom. The van der Waals surface area contributed by atoms with Crippen LogP contribution in [0.15, 0.2) is 12.7 Å². The first-order chi connectivity index (χ1) is 9.99. The Hall–Kier alpha value is -1.52. The molecule has 0 radical (unpaired) electrons. The van der Waals surface area contributed by atoms with Gasteiger partial charge in [-0.2, -0.15) is 0 Å². The van der Waals surface area contributed by atoms with Gasteiger partial charge >= 0.3 is 12.1 Å². The van der Waals surface area contributed by atoms with Crippen LogP contribution >= 0.6 is 0 Å². The van der Waals surface area contributed by atoms with Crippen LogP contribution in [-0.4, -0.2) is 41.8 Å². The van der Waals surface area contributed by atoms with Gasteiger partial charge in [0.15, 0.2) is 0 Å². The summed E-state index contributed by atoms with van der Waals surface area (Å²) < 4.78 is 5.05. The third-order valence-corrected chi connectivity index (χ3v) is 5.51. The summed E-state index contributed by atoms with van der Waals surface area (Å²) in [6.45, 7) is 5.30. The third-order valence-electron chi connectivity index (χ3n) is 5.51. The normalized spacial score (nSPS) is 34.6. The maximum atomic E-state index is 11.7. The first kappa shape index (κ1) is 14.4. The van der Waals surface area contributed by atoms with Crippen molar-refractivity contribution in [2.24, 2.45) is 16.7 Å². The molecule has 1 N–H and O–H groups in total. The standard InChI is InChI=1S/C16H23NO4/c1-2-7-21-14(20)17-5-3-12(4-6-17)8-15-9-16(10-15,11-15)13(18)19/h2,12H,1,3-11H2,(H,18,19). The highest BCUT2D eigenvalue weighted by Gasteiger charge is 2.71. The molecule has 2 bridgehead atoms. The van der Waals surface area contributed by atoms with E-state index in [-0.39, 0.29) is 18.1 Å². The predicted molar refractivity (Wildman–Crippen MR) is 76.8 cm³/mol. The molecule has 116 valence electrons. The van der Waals surface area contributed by atoms with E-state index in [2.05, 4.69) is 6.58 Å². The molecule has 0 aromatic heterocycles. The first-order valence-electron chi connectivity index (χ1n) is 7.75. The van der Waals surface area contributed by atoms with Gasteiger partial charge in [-0.05, 0) is 49.9 Å². The van der Waals surface area contributed by atoms with Crippen molar-refractivity contribution in [1.82, 2.24) is 4.90 Å². The topological polar surface area (TPSA) is 66.8 Å². The molecule has 0 aromatic carbocycles. The van der Waals surface area contributed by atoms with E-state index >= 15 is 0 Å². The summed E-state index contributed by atoms with van der Waals surface area (Å²) in [5.41, 5.74) is -0.0518. The Morgan fingerprint density at radius 2 is 1.90 bits per heavy atom. The molecule has 0 aromatic rings. The number of rotatable bonds is 5. The van der Waals surface area contributed by atoms with Crippen LogP contribution in [0.1, 0.15) is 38.5 Å². The Kier molecular flexibility index (Phi) is 3.46. The number of aliphatic carboxylic acids is 1. The summed E-state index contributed by atoms with van der Waals surface area (Å²) in [5, 5.41) is 9.15. The van der Waals surface area contributed by atoms with Crippen molar-refractivity contribution in [3.63, 3.8) is 0 Å². The second kappa shape index (κ2) is 5.04. The van der Waals surface area contributed by atoms with Gasteiger partial charge in [0, 0.05) is 13.1 Å². The summed E-state index contributed by atoms with van der Waals surface area (Å²) in [5.74, 6) is 0.0182. The van der Waals surface area contributed by atoms with Crippen molar-refractivity contribution < 1.29 is 19.4 Å². The second-order valence-corrected chi connectivity index (χ2v) is 7.12. The van der Waals surface area contributed by atoms with Crippen molar-refractivity contribution in [1.29, 1.82) is 0 Å². The molecule has 5 nitrogen and oxygen atoms in total. The van der Waals surface area contributed by atoms with Crippen molar-refractivity contribution >= 4 is 12.1 Å². The monoisotopic (exact) mass is 293 g/mol. The van der Waals surface area contributed by atoms with E-state index in [1.807, 2.05) is 0 Å². The number of piperidine rings is 1. The lowest BCUT2D eigenvalue weighted by molar-refractivity contribution is -0.229. The van der Waals surface area contributed by atoms with Crippen LogP contribution in [0.2, 0.25) is 0 Å². The van der Waals surface area contributed by atoms with Gasteiger partial charge in [-0.25, -0.2) is 4.79 Å². The Bertz CT molecular complexity index is 445. The number of carboxylic acid groups (broad SMARTS) is 1. The summed E-state index contributed by atoms with van der Waals surface area (Å²) in [7, 11) is 0. The number of hydrogen-bond acceptors (Lipinski definition) is 3. The molecule has 1 amide bonds. The number of carbonyl (C=O) groups excluding carboxylic acids is 1. The Balaban J connectivity index is 1.41. The van der Waals surface area contributed by atoms with Gasteiger partial charge in [-0.3, -0.25) is 4.79 Å². The van der Waals surface area contributed by atoms with Gasteiger partial charge in [0.25, 0.3) is 0 Å². The maximum absolute atomic E-state index is 11.7. The van der Waals surface area contributed by atoms with Gasteiger partial charge in [0.05, 0.1) is 5.41 Å². The summed E-state index contributed by atoms with van der Waals surface area (Å²) >= 11 is 0. The number of carboxylic acids is 1. The molecule has 3 saturated carbocycles. The molecule has 0 unspecified atom stereocenters. The molecule has 4 fully saturated rings. The van der Waals surface area contributed by atoms with Gasteiger partial charge in [-0.15, -0.1) is 0 Å². The molecular formula is C16H23NO4. The SMILES string of the molecule is C=CCOC(=O)N1CCC(CC23CC(C(=O)O)(C2)C3)CC1. The lowest BCUT2D eigenvalue weighted by atomic mass is 9.33. The largest absolute Gasteiger partial charge is 0.481 e. The minimum Gasteiger partial charge on any atom is -0.481 e. The van der Waals surface area contributed by atoms with Crippen LogP contribution in [0.5, 0.6) is 0 Å². The van der Waals surface area contributed by atoms with E-state index in [9.17, 15) is 9.59 Å². The van der Waals surface area contributed by atoms with E-state index < -0.39 is 5.97 Å². The summed E-state index contributed by atoms with van der Waals surface area (Å²) in [4.78, 5) is 24.6. The average Bonchev–Trinajstić information content (AvgIpc) is 2.38. The zero-order chi connectivity index (χ0) is 15.1. The van der Waals surface area contributed by atoms with Crippen molar-refractivity contribution in [2.75, 3.05) is 19.7 Å². The van der Waals surface area contributed by atoms with Crippen LogP contribution in [0.4, 0.5) is 4.79 Å². The number of carbonyl (C=O) groups is 2. The third kappa shape index (κ3) is 2.43. The molecule has 4 rings (SSSR count). The molecule has 21 heavy (non-hydrogen) atoms. The molecular weight excluding hydrogens is 270 g/mol. The second-order valence-electron chi connectivity index (χ2n) is 7.12. The number of nitrogens with zero attached hydrogens (tertiary/aromatic N) is 1. The zero-order valence-corrected chi connectivity index (χ0v) is 12.3. The average molecular weight is 293 g/mol. The van der Waals surface area contributed by atoms with Crippen molar-refractivity contribution in [3.05, 3.63) is 12.7 Å². The van der Waals surface area contributed by atoms with Gasteiger partial charge < -0.3 is 14.7 Å². The van der Waals surface area contributed by atoms with Crippen molar-refractivity contribution in [3.8, 4) is 0 Å². The van der Waals surface area contributed by atoms with E-state index in [4.69, 9.17) is 9.84 Å². The van der Waals surface area contributed by atoms with Crippen LogP contribution < -0.4 is 0 Å². The van der Waals surface area contributed by atoms with Crippen LogP contribution in [0, 0.1) is 16.7 Å². The highest BCUT2D eigenvalue weighted by atomic mass is 16.6. The molecule has 1 aliphatic heterocycles. The van der Waals surface area contributed by atoms with Crippen LogP contribution in [-0.2, 0) is 9.53 Å².